The molecule has 1 saturated heterocycles. The summed E-state index contributed by atoms with van der Waals surface area (Å²) in [7, 11) is 0. The molecule has 0 saturated carbocycles. The average Bonchev–Trinajstić information content (AvgIpc) is 3.11. The molecule has 3 rings (SSSR count). The maximum atomic E-state index is 11.6. The first kappa shape index (κ1) is 17.2. The number of benzene rings is 2. The molecule has 25 heavy (non-hydrogen) atoms. The van der Waals surface area contributed by atoms with Gasteiger partial charge in [0.2, 0.25) is 6.41 Å². The van der Waals surface area contributed by atoms with Crippen LogP contribution in [-0.2, 0) is 4.79 Å². The summed E-state index contributed by atoms with van der Waals surface area (Å²) in [6.45, 7) is 5.66. The number of carbonyl (C=O) groups is 2. The molecule has 1 aliphatic rings. The second kappa shape index (κ2) is 7.51. The first-order valence-corrected chi connectivity index (χ1v) is 8.67. The maximum absolute atomic E-state index is 11.6. The molecule has 2 aromatic rings. The van der Waals surface area contributed by atoms with Crippen molar-refractivity contribution in [2.75, 3.05) is 13.1 Å². The first-order valence-electron chi connectivity index (χ1n) is 8.67. The van der Waals surface area contributed by atoms with Gasteiger partial charge in [-0.15, -0.1) is 0 Å². The zero-order chi connectivity index (χ0) is 17.8. The van der Waals surface area contributed by atoms with Crippen LogP contribution in [0.4, 0.5) is 0 Å². The van der Waals surface area contributed by atoms with Crippen molar-refractivity contribution in [2.24, 2.45) is 0 Å². The van der Waals surface area contributed by atoms with Crippen LogP contribution in [0, 0.1) is 0 Å². The summed E-state index contributed by atoms with van der Waals surface area (Å²) < 4.78 is 6.05. The Labute approximate surface area is 148 Å². The molecule has 1 aliphatic heterocycles. The minimum atomic E-state index is 0.211. The molecule has 0 bridgehead atoms. The van der Waals surface area contributed by atoms with Crippen molar-refractivity contribution in [3.05, 3.63) is 59.2 Å². The summed E-state index contributed by atoms with van der Waals surface area (Å²) in [5.74, 6) is 2.04. The number of hydrogen-bond acceptors (Lipinski definition) is 3. The van der Waals surface area contributed by atoms with Gasteiger partial charge in [0, 0.05) is 24.6 Å². The van der Waals surface area contributed by atoms with Crippen LogP contribution in [0.5, 0.6) is 11.5 Å². The Kier molecular flexibility index (Phi) is 5.17. The van der Waals surface area contributed by atoms with E-state index in [1.54, 1.807) is 11.0 Å². The monoisotopic (exact) mass is 337 g/mol. The molecule has 4 heteroatoms. The molecule has 0 aliphatic carbocycles. The molecule has 1 amide bonds. The van der Waals surface area contributed by atoms with Crippen molar-refractivity contribution in [3.8, 4) is 11.5 Å². The number of aldehydes is 1. The number of ether oxygens (including phenoxy) is 1. The Morgan fingerprint density at radius 1 is 1.16 bits per heavy atom. The van der Waals surface area contributed by atoms with Crippen LogP contribution in [-0.4, -0.2) is 30.7 Å². The molecular formula is C21H23NO3. The summed E-state index contributed by atoms with van der Waals surface area (Å²) in [6, 6.07) is 13.6. The summed E-state index contributed by atoms with van der Waals surface area (Å²) in [5.41, 5.74) is 2.76. The normalized spacial score (nSPS) is 16.9. The number of likely N-dealkylation sites (tertiary alicyclic amines) is 1. The average molecular weight is 337 g/mol. The van der Waals surface area contributed by atoms with Gasteiger partial charge in [-0.3, -0.25) is 9.59 Å². The van der Waals surface area contributed by atoms with Crippen molar-refractivity contribution < 1.29 is 14.3 Å². The van der Waals surface area contributed by atoms with Crippen molar-refractivity contribution >= 4 is 12.7 Å². The zero-order valence-corrected chi connectivity index (χ0v) is 14.6. The smallest absolute Gasteiger partial charge is 0.209 e. The minimum absolute atomic E-state index is 0.211. The minimum Gasteiger partial charge on any atom is -0.457 e. The third-order valence-electron chi connectivity index (χ3n) is 4.76. The molecule has 1 unspecified atom stereocenters. The van der Waals surface area contributed by atoms with E-state index in [-0.39, 0.29) is 5.92 Å². The highest BCUT2D eigenvalue weighted by Crippen LogP contribution is 2.34. The topological polar surface area (TPSA) is 46.6 Å². The fourth-order valence-electron chi connectivity index (χ4n) is 3.40. The number of carbonyl (C=O) groups excluding carboxylic acids is 2. The molecule has 130 valence electrons. The van der Waals surface area contributed by atoms with Gasteiger partial charge in [0.1, 0.15) is 17.8 Å². The molecule has 0 spiro atoms. The lowest BCUT2D eigenvalue weighted by molar-refractivity contribution is -0.117. The van der Waals surface area contributed by atoms with E-state index in [0.717, 1.165) is 42.5 Å². The summed E-state index contributed by atoms with van der Waals surface area (Å²) in [6.07, 6.45) is 2.64. The van der Waals surface area contributed by atoms with E-state index >= 15 is 0 Å². The maximum Gasteiger partial charge on any atom is 0.209 e. The molecule has 1 fully saturated rings. The molecule has 2 aromatic carbocycles. The van der Waals surface area contributed by atoms with Gasteiger partial charge in [-0.05, 0) is 41.7 Å². The number of hydrogen-bond donors (Lipinski definition) is 0. The zero-order valence-electron chi connectivity index (χ0n) is 14.6. The predicted octanol–water partition coefficient (Wildman–Crippen LogP) is 4.36. The SMILES string of the molecule is CC(C)c1ccccc1Oc1ccc(C2CCN(C=O)C2)c(C=O)c1. The molecule has 0 radical (unpaired) electrons. The standard InChI is InChI=1S/C21H23NO3/c1-15(2)19-5-3-4-6-21(19)25-18-7-8-20(17(11-18)13-23)16-9-10-22(12-16)14-24/h3-8,11,13-16H,9-10,12H2,1-2H3. The van der Waals surface area contributed by atoms with E-state index < -0.39 is 0 Å². The lowest BCUT2D eigenvalue weighted by atomic mass is 9.94. The molecule has 0 N–H and O–H groups in total. The van der Waals surface area contributed by atoms with Crippen LogP contribution in [0.3, 0.4) is 0 Å². The first-order chi connectivity index (χ1) is 12.1. The van der Waals surface area contributed by atoms with Crippen LogP contribution in [0.2, 0.25) is 0 Å². The molecule has 1 atom stereocenters. The van der Waals surface area contributed by atoms with Gasteiger partial charge in [-0.1, -0.05) is 38.1 Å². The van der Waals surface area contributed by atoms with Crippen LogP contribution in [0.1, 0.15) is 53.6 Å². The highest BCUT2D eigenvalue weighted by atomic mass is 16.5. The summed E-state index contributed by atoms with van der Waals surface area (Å²) in [5, 5.41) is 0. The fourth-order valence-corrected chi connectivity index (χ4v) is 3.40. The van der Waals surface area contributed by atoms with Crippen LogP contribution in [0.25, 0.3) is 0 Å². The van der Waals surface area contributed by atoms with Crippen LogP contribution in [0.15, 0.2) is 42.5 Å². The van der Waals surface area contributed by atoms with Crippen molar-refractivity contribution in [2.45, 2.75) is 32.1 Å². The lowest BCUT2D eigenvalue weighted by Gasteiger charge is -2.16. The van der Waals surface area contributed by atoms with Gasteiger partial charge in [0.15, 0.2) is 0 Å². The number of para-hydroxylation sites is 1. The van der Waals surface area contributed by atoms with E-state index in [0.29, 0.717) is 23.8 Å². The Hall–Kier alpha value is -2.62. The quantitative estimate of drug-likeness (QED) is 0.736. The summed E-state index contributed by atoms with van der Waals surface area (Å²) in [4.78, 5) is 24.2. The lowest BCUT2D eigenvalue weighted by Crippen LogP contribution is -2.17. The highest BCUT2D eigenvalue weighted by Gasteiger charge is 2.25. The van der Waals surface area contributed by atoms with Gasteiger partial charge in [0.05, 0.1) is 0 Å². The van der Waals surface area contributed by atoms with Crippen LogP contribution >= 0.6 is 0 Å². The predicted molar refractivity (Wildman–Crippen MR) is 97.4 cm³/mol. The Bertz CT molecular complexity index is 769. The fraction of sp³-hybridized carbons (Fsp3) is 0.333. The van der Waals surface area contributed by atoms with Gasteiger partial charge < -0.3 is 9.64 Å². The van der Waals surface area contributed by atoms with Crippen LogP contribution < -0.4 is 4.74 Å². The van der Waals surface area contributed by atoms with Gasteiger partial charge >= 0.3 is 0 Å². The Morgan fingerprint density at radius 2 is 1.96 bits per heavy atom. The number of amides is 1. The second-order valence-corrected chi connectivity index (χ2v) is 6.79. The van der Waals surface area contributed by atoms with Crippen molar-refractivity contribution in [1.82, 2.24) is 4.90 Å². The molecule has 0 aromatic heterocycles. The number of nitrogens with zero attached hydrogens (tertiary/aromatic N) is 1. The van der Waals surface area contributed by atoms with Crippen molar-refractivity contribution in [1.29, 1.82) is 0 Å². The van der Waals surface area contributed by atoms with Gasteiger partial charge in [-0.25, -0.2) is 0 Å². The second-order valence-electron chi connectivity index (χ2n) is 6.79. The van der Waals surface area contributed by atoms with E-state index in [9.17, 15) is 9.59 Å². The summed E-state index contributed by atoms with van der Waals surface area (Å²) >= 11 is 0. The van der Waals surface area contributed by atoms with Gasteiger partial charge in [0.25, 0.3) is 0 Å². The highest BCUT2D eigenvalue weighted by molar-refractivity contribution is 5.78. The Balaban J connectivity index is 1.85. The largest absolute Gasteiger partial charge is 0.457 e. The molecular weight excluding hydrogens is 314 g/mol. The third kappa shape index (κ3) is 3.73. The van der Waals surface area contributed by atoms with E-state index in [4.69, 9.17) is 4.74 Å². The number of rotatable bonds is 6. The van der Waals surface area contributed by atoms with E-state index in [1.807, 2.05) is 30.3 Å². The van der Waals surface area contributed by atoms with E-state index in [2.05, 4.69) is 19.9 Å². The van der Waals surface area contributed by atoms with E-state index in [1.165, 1.54) is 0 Å². The van der Waals surface area contributed by atoms with Crippen molar-refractivity contribution in [3.63, 3.8) is 0 Å². The third-order valence-corrected chi connectivity index (χ3v) is 4.76. The molecule has 1 heterocycles. The van der Waals surface area contributed by atoms with Gasteiger partial charge in [-0.2, -0.15) is 0 Å². The Morgan fingerprint density at radius 3 is 2.64 bits per heavy atom. The molecule has 4 nitrogen and oxygen atoms in total.